The molecule has 0 aromatic carbocycles. The molecule has 1 aromatic rings. The van der Waals surface area contributed by atoms with Crippen LogP contribution in [0.15, 0.2) is 10.5 Å². The van der Waals surface area contributed by atoms with Crippen LogP contribution in [-0.2, 0) is 11.2 Å². The van der Waals surface area contributed by atoms with Crippen molar-refractivity contribution in [2.45, 2.75) is 26.2 Å². The molecule has 88 valence electrons. The SMILES string of the molecule is COC(=O)c1cc(CC2(CO)CC2)oc1C. The molecule has 16 heavy (non-hydrogen) atoms. The summed E-state index contributed by atoms with van der Waals surface area (Å²) in [6, 6.07) is 1.72. The van der Waals surface area contributed by atoms with Gasteiger partial charge in [-0.05, 0) is 25.8 Å². The van der Waals surface area contributed by atoms with E-state index in [0.717, 1.165) is 18.6 Å². The van der Waals surface area contributed by atoms with Gasteiger partial charge in [0, 0.05) is 18.4 Å². The number of hydrogen-bond donors (Lipinski definition) is 1. The van der Waals surface area contributed by atoms with Crippen molar-refractivity contribution in [3.05, 3.63) is 23.2 Å². The molecular formula is C12H16O4. The Morgan fingerprint density at radius 1 is 1.62 bits per heavy atom. The Kier molecular flexibility index (Phi) is 2.76. The van der Waals surface area contributed by atoms with Crippen LogP contribution in [-0.4, -0.2) is 24.8 Å². The third kappa shape index (κ3) is 1.97. The second-order valence-electron chi connectivity index (χ2n) is 4.51. The predicted octanol–water partition coefficient (Wildman–Crippen LogP) is 1.69. The van der Waals surface area contributed by atoms with Gasteiger partial charge in [0.15, 0.2) is 0 Å². The largest absolute Gasteiger partial charge is 0.465 e. The number of hydrogen-bond acceptors (Lipinski definition) is 4. The number of aliphatic hydroxyl groups is 1. The highest BCUT2D eigenvalue weighted by atomic mass is 16.5. The van der Waals surface area contributed by atoms with E-state index in [-0.39, 0.29) is 18.0 Å². The molecule has 1 aliphatic rings. The molecule has 0 radical (unpaired) electrons. The molecular weight excluding hydrogens is 208 g/mol. The maximum atomic E-state index is 11.4. The molecule has 1 saturated carbocycles. The Morgan fingerprint density at radius 3 is 2.81 bits per heavy atom. The molecule has 4 nitrogen and oxygen atoms in total. The van der Waals surface area contributed by atoms with Gasteiger partial charge in [-0.25, -0.2) is 4.79 Å². The van der Waals surface area contributed by atoms with E-state index in [0.29, 0.717) is 17.7 Å². The summed E-state index contributed by atoms with van der Waals surface area (Å²) in [7, 11) is 1.35. The molecule has 0 aliphatic heterocycles. The van der Waals surface area contributed by atoms with Gasteiger partial charge in [-0.2, -0.15) is 0 Å². The molecule has 4 heteroatoms. The minimum atomic E-state index is -0.374. The maximum absolute atomic E-state index is 11.4. The fraction of sp³-hybridized carbons (Fsp3) is 0.583. The summed E-state index contributed by atoms with van der Waals surface area (Å²) >= 11 is 0. The lowest BCUT2D eigenvalue weighted by atomic mass is 10.0. The number of aliphatic hydroxyl groups excluding tert-OH is 1. The number of carbonyl (C=O) groups excluding carboxylic acids is 1. The monoisotopic (exact) mass is 224 g/mol. The van der Waals surface area contributed by atoms with Crippen molar-refractivity contribution in [1.29, 1.82) is 0 Å². The Labute approximate surface area is 94.2 Å². The van der Waals surface area contributed by atoms with Crippen LogP contribution in [0.3, 0.4) is 0 Å². The van der Waals surface area contributed by atoms with Crippen LogP contribution in [0.4, 0.5) is 0 Å². The van der Waals surface area contributed by atoms with Gasteiger partial charge < -0.3 is 14.3 Å². The number of methoxy groups -OCH3 is 1. The van der Waals surface area contributed by atoms with Crippen LogP contribution in [0.1, 0.15) is 34.7 Å². The van der Waals surface area contributed by atoms with E-state index in [1.165, 1.54) is 7.11 Å². The molecule has 1 heterocycles. The summed E-state index contributed by atoms with van der Waals surface area (Å²) in [6.07, 6.45) is 2.74. The highest BCUT2D eigenvalue weighted by Gasteiger charge is 2.43. The van der Waals surface area contributed by atoms with Crippen molar-refractivity contribution >= 4 is 5.97 Å². The van der Waals surface area contributed by atoms with Crippen LogP contribution in [0.2, 0.25) is 0 Å². The van der Waals surface area contributed by atoms with E-state index in [1.807, 2.05) is 0 Å². The van der Waals surface area contributed by atoms with Crippen LogP contribution < -0.4 is 0 Å². The fourth-order valence-corrected chi connectivity index (χ4v) is 1.88. The Balaban J connectivity index is 2.15. The lowest BCUT2D eigenvalue weighted by Crippen LogP contribution is -2.09. The third-order valence-corrected chi connectivity index (χ3v) is 3.22. The van der Waals surface area contributed by atoms with Gasteiger partial charge in [-0.3, -0.25) is 0 Å². The number of aryl methyl sites for hydroxylation is 1. The topological polar surface area (TPSA) is 59.7 Å². The van der Waals surface area contributed by atoms with Crippen molar-refractivity contribution in [1.82, 2.24) is 0 Å². The Bertz CT molecular complexity index is 401. The smallest absolute Gasteiger partial charge is 0.341 e. The number of carbonyl (C=O) groups is 1. The summed E-state index contributed by atoms with van der Waals surface area (Å²) in [4.78, 5) is 11.4. The molecule has 1 aliphatic carbocycles. The predicted molar refractivity (Wildman–Crippen MR) is 57.2 cm³/mol. The molecule has 1 N–H and O–H groups in total. The molecule has 0 unspecified atom stereocenters. The fourth-order valence-electron chi connectivity index (χ4n) is 1.88. The first-order chi connectivity index (χ1) is 7.60. The molecule has 0 atom stereocenters. The standard InChI is InChI=1S/C12H16O4/c1-8-10(11(14)15-2)5-9(16-8)6-12(7-13)3-4-12/h5,13H,3-4,6-7H2,1-2H3. The van der Waals surface area contributed by atoms with Crippen molar-refractivity contribution in [3.63, 3.8) is 0 Å². The zero-order valence-electron chi connectivity index (χ0n) is 9.58. The van der Waals surface area contributed by atoms with Crippen molar-refractivity contribution in [2.24, 2.45) is 5.41 Å². The first kappa shape index (κ1) is 11.2. The summed E-state index contributed by atoms with van der Waals surface area (Å²) in [5.41, 5.74) is 0.476. The Morgan fingerprint density at radius 2 is 2.31 bits per heavy atom. The number of rotatable bonds is 4. The summed E-state index contributed by atoms with van der Waals surface area (Å²) in [6.45, 7) is 1.93. The summed E-state index contributed by atoms with van der Waals surface area (Å²) in [5, 5.41) is 9.22. The highest BCUT2D eigenvalue weighted by Crippen LogP contribution is 2.48. The van der Waals surface area contributed by atoms with Gasteiger partial charge in [-0.1, -0.05) is 0 Å². The van der Waals surface area contributed by atoms with E-state index in [4.69, 9.17) is 4.42 Å². The maximum Gasteiger partial charge on any atom is 0.341 e. The van der Waals surface area contributed by atoms with E-state index in [9.17, 15) is 9.90 Å². The minimum absolute atomic E-state index is 0.00230. The van der Waals surface area contributed by atoms with Crippen LogP contribution >= 0.6 is 0 Å². The molecule has 0 amide bonds. The van der Waals surface area contributed by atoms with Gasteiger partial charge in [0.25, 0.3) is 0 Å². The lowest BCUT2D eigenvalue weighted by molar-refractivity contribution is 0.0599. The van der Waals surface area contributed by atoms with Crippen LogP contribution in [0, 0.1) is 12.3 Å². The first-order valence-electron chi connectivity index (χ1n) is 5.39. The second-order valence-corrected chi connectivity index (χ2v) is 4.51. The van der Waals surface area contributed by atoms with E-state index in [1.54, 1.807) is 13.0 Å². The molecule has 0 bridgehead atoms. The number of furan rings is 1. The van der Waals surface area contributed by atoms with Crippen molar-refractivity contribution in [3.8, 4) is 0 Å². The third-order valence-electron chi connectivity index (χ3n) is 3.22. The number of esters is 1. The van der Waals surface area contributed by atoms with Gasteiger partial charge >= 0.3 is 5.97 Å². The zero-order chi connectivity index (χ0) is 11.8. The zero-order valence-corrected chi connectivity index (χ0v) is 9.58. The van der Waals surface area contributed by atoms with Crippen molar-refractivity contribution < 1.29 is 19.1 Å². The van der Waals surface area contributed by atoms with Crippen LogP contribution in [0.5, 0.6) is 0 Å². The van der Waals surface area contributed by atoms with Crippen molar-refractivity contribution in [2.75, 3.05) is 13.7 Å². The average molecular weight is 224 g/mol. The summed E-state index contributed by atoms with van der Waals surface area (Å²) < 4.78 is 10.2. The van der Waals surface area contributed by atoms with E-state index in [2.05, 4.69) is 4.74 Å². The van der Waals surface area contributed by atoms with Gasteiger partial charge in [-0.15, -0.1) is 0 Å². The minimum Gasteiger partial charge on any atom is -0.465 e. The molecule has 0 saturated heterocycles. The first-order valence-corrected chi connectivity index (χ1v) is 5.39. The molecule has 0 spiro atoms. The quantitative estimate of drug-likeness (QED) is 0.790. The Hall–Kier alpha value is -1.29. The normalized spacial score (nSPS) is 17.2. The van der Waals surface area contributed by atoms with E-state index < -0.39 is 0 Å². The highest BCUT2D eigenvalue weighted by molar-refractivity contribution is 5.90. The summed E-state index contributed by atoms with van der Waals surface area (Å²) in [5.74, 6) is 0.960. The van der Waals surface area contributed by atoms with Gasteiger partial charge in [0.1, 0.15) is 17.1 Å². The lowest BCUT2D eigenvalue weighted by Gasteiger charge is -2.07. The molecule has 1 fully saturated rings. The van der Waals surface area contributed by atoms with Crippen LogP contribution in [0.25, 0.3) is 0 Å². The second kappa shape index (κ2) is 3.94. The van der Waals surface area contributed by atoms with Gasteiger partial charge in [0.2, 0.25) is 0 Å². The molecule has 2 rings (SSSR count). The number of ether oxygens (including phenoxy) is 1. The van der Waals surface area contributed by atoms with Gasteiger partial charge in [0.05, 0.1) is 7.11 Å². The average Bonchev–Trinajstić information content (AvgIpc) is 2.95. The molecule has 1 aromatic heterocycles. The van der Waals surface area contributed by atoms with E-state index >= 15 is 0 Å².